The summed E-state index contributed by atoms with van der Waals surface area (Å²) >= 11 is 0. The Balaban J connectivity index is 0.00000420. The van der Waals surface area contributed by atoms with Crippen LogP contribution in [0.15, 0.2) is 15.6 Å². The van der Waals surface area contributed by atoms with Gasteiger partial charge in [0.05, 0.1) is 30.7 Å². The molecule has 1 aliphatic rings. The van der Waals surface area contributed by atoms with Gasteiger partial charge in [0, 0.05) is 39.3 Å². The second-order valence-electron chi connectivity index (χ2n) is 7.40. The largest absolute Gasteiger partial charge is 0.378 e. The number of aromatic nitrogens is 1. The summed E-state index contributed by atoms with van der Waals surface area (Å²) in [5.41, 5.74) is 0.923. The molecule has 2 rings (SSSR count). The van der Waals surface area contributed by atoms with E-state index in [1.807, 2.05) is 19.9 Å². The van der Waals surface area contributed by atoms with Gasteiger partial charge in [-0.15, -0.1) is 24.0 Å². The van der Waals surface area contributed by atoms with Gasteiger partial charge >= 0.3 is 0 Å². The van der Waals surface area contributed by atoms with E-state index < -0.39 is 10.0 Å². The fourth-order valence-electron chi connectivity index (χ4n) is 2.88. The van der Waals surface area contributed by atoms with Gasteiger partial charge in [-0.25, -0.2) is 8.42 Å². The Labute approximate surface area is 191 Å². The molecular weight excluding hydrogens is 509 g/mol. The van der Waals surface area contributed by atoms with Crippen LogP contribution in [0.4, 0.5) is 0 Å². The number of hydrogen-bond acceptors (Lipinski definition) is 6. The topological polar surface area (TPSA) is 100 Å². The number of guanidine groups is 1. The van der Waals surface area contributed by atoms with Gasteiger partial charge in [0.1, 0.15) is 0 Å². The molecule has 0 unspecified atom stereocenters. The molecule has 1 aromatic rings. The van der Waals surface area contributed by atoms with Gasteiger partial charge < -0.3 is 19.5 Å². The van der Waals surface area contributed by atoms with Crippen molar-refractivity contribution in [2.45, 2.75) is 46.3 Å². The zero-order chi connectivity index (χ0) is 20.7. The zero-order valence-electron chi connectivity index (χ0n) is 17.9. The number of nitrogens with zero attached hydrogens (tertiary/aromatic N) is 4. The predicted molar refractivity (Wildman–Crippen MR) is 124 cm³/mol. The van der Waals surface area contributed by atoms with Crippen molar-refractivity contribution in [1.82, 2.24) is 19.7 Å². The first-order chi connectivity index (χ1) is 13.2. The van der Waals surface area contributed by atoms with Gasteiger partial charge in [0.2, 0.25) is 10.0 Å². The highest BCUT2D eigenvalue weighted by Gasteiger charge is 2.28. The molecule has 0 spiro atoms. The summed E-state index contributed by atoms with van der Waals surface area (Å²) in [5.74, 6) is 1.80. The summed E-state index contributed by atoms with van der Waals surface area (Å²) in [7, 11) is -1.58. The van der Waals surface area contributed by atoms with E-state index in [9.17, 15) is 8.42 Å². The molecule has 1 saturated heterocycles. The molecule has 1 aliphatic heterocycles. The van der Waals surface area contributed by atoms with Crippen LogP contribution in [0.3, 0.4) is 0 Å². The van der Waals surface area contributed by atoms with E-state index in [1.165, 1.54) is 4.31 Å². The van der Waals surface area contributed by atoms with Gasteiger partial charge in [-0.2, -0.15) is 4.31 Å². The highest BCUT2D eigenvalue weighted by atomic mass is 127. The third-order valence-corrected chi connectivity index (χ3v) is 6.36. The Morgan fingerprint density at radius 2 is 1.93 bits per heavy atom. The number of rotatable bonds is 8. The van der Waals surface area contributed by atoms with Crippen LogP contribution in [0.25, 0.3) is 0 Å². The molecule has 0 aromatic carbocycles. The second-order valence-corrected chi connectivity index (χ2v) is 9.48. The Hall–Kier alpha value is -0.920. The maximum absolute atomic E-state index is 12.4. The summed E-state index contributed by atoms with van der Waals surface area (Å²) in [4.78, 5) is 6.36. The van der Waals surface area contributed by atoms with Crippen molar-refractivity contribution in [3.8, 4) is 0 Å². The second kappa shape index (κ2) is 12.1. The third-order valence-electron chi connectivity index (χ3n) is 4.53. The molecule has 0 amide bonds. The molecule has 0 bridgehead atoms. The number of aliphatic imine (C=N–C) groups is 1. The number of hydrogen-bond donors (Lipinski definition) is 1. The third kappa shape index (κ3) is 8.02. The van der Waals surface area contributed by atoms with E-state index in [1.54, 1.807) is 7.05 Å². The highest BCUT2D eigenvalue weighted by molar-refractivity contribution is 14.0. The van der Waals surface area contributed by atoms with E-state index in [4.69, 9.17) is 9.26 Å². The van der Waals surface area contributed by atoms with Crippen LogP contribution < -0.4 is 5.32 Å². The SMILES string of the molecule is CN=C(NCc1cc(C(C)C)no1)N1CCN(S(=O)(=O)CCOC(C)C)CC1.I. The van der Waals surface area contributed by atoms with E-state index in [2.05, 4.69) is 34.2 Å². The number of sulfonamides is 1. The predicted octanol–water partition coefficient (Wildman–Crippen LogP) is 1.86. The lowest BCUT2D eigenvalue weighted by atomic mass is 10.1. The number of ether oxygens (including phenoxy) is 1. The molecule has 11 heteroatoms. The lowest BCUT2D eigenvalue weighted by molar-refractivity contribution is 0.0904. The van der Waals surface area contributed by atoms with Crippen molar-refractivity contribution in [2.75, 3.05) is 45.6 Å². The molecule has 1 N–H and O–H groups in total. The normalized spacial score (nSPS) is 16.4. The van der Waals surface area contributed by atoms with Crippen molar-refractivity contribution in [1.29, 1.82) is 0 Å². The first-order valence-corrected chi connectivity index (χ1v) is 11.3. The van der Waals surface area contributed by atoms with Crippen LogP contribution in [0.1, 0.15) is 45.1 Å². The molecule has 1 fully saturated rings. The molecule has 0 radical (unpaired) electrons. The van der Waals surface area contributed by atoms with Gasteiger partial charge in [-0.05, 0) is 19.8 Å². The number of piperazine rings is 1. The molecule has 1 aromatic heterocycles. The first kappa shape index (κ1) is 26.1. The lowest BCUT2D eigenvalue weighted by Crippen LogP contribution is -2.54. The van der Waals surface area contributed by atoms with Crippen LogP contribution in [0, 0.1) is 0 Å². The maximum Gasteiger partial charge on any atom is 0.216 e. The summed E-state index contributed by atoms with van der Waals surface area (Å²) in [6, 6.07) is 1.94. The van der Waals surface area contributed by atoms with Crippen LogP contribution >= 0.6 is 24.0 Å². The van der Waals surface area contributed by atoms with Crippen molar-refractivity contribution < 1.29 is 17.7 Å². The summed E-state index contributed by atoms with van der Waals surface area (Å²) in [6.45, 7) is 10.7. The van der Waals surface area contributed by atoms with E-state index in [0.717, 1.165) is 17.4 Å². The fourth-order valence-corrected chi connectivity index (χ4v) is 4.16. The average Bonchev–Trinajstić information content (AvgIpc) is 3.11. The van der Waals surface area contributed by atoms with Gasteiger partial charge in [0.15, 0.2) is 11.7 Å². The summed E-state index contributed by atoms with van der Waals surface area (Å²) < 4.78 is 37.1. The summed E-state index contributed by atoms with van der Waals surface area (Å²) in [6.07, 6.45) is 0.0300. The number of nitrogens with one attached hydrogen (secondary N) is 1. The van der Waals surface area contributed by atoms with Gasteiger partial charge in [0.25, 0.3) is 0 Å². The molecular formula is C18H34IN5O4S. The van der Waals surface area contributed by atoms with Crippen LogP contribution in [-0.4, -0.2) is 80.4 Å². The van der Waals surface area contributed by atoms with Gasteiger partial charge in [-0.1, -0.05) is 19.0 Å². The Morgan fingerprint density at radius 3 is 2.45 bits per heavy atom. The fraction of sp³-hybridized carbons (Fsp3) is 0.778. The Kier molecular flexibility index (Phi) is 10.9. The lowest BCUT2D eigenvalue weighted by Gasteiger charge is -2.35. The van der Waals surface area contributed by atoms with Crippen LogP contribution in [-0.2, 0) is 21.3 Å². The van der Waals surface area contributed by atoms with E-state index in [0.29, 0.717) is 38.6 Å². The van der Waals surface area contributed by atoms with E-state index in [-0.39, 0.29) is 42.4 Å². The van der Waals surface area contributed by atoms with Crippen molar-refractivity contribution in [3.05, 3.63) is 17.5 Å². The molecule has 0 saturated carbocycles. The minimum Gasteiger partial charge on any atom is -0.378 e. The summed E-state index contributed by atoms with van der Waals surface area (Å²) in [5, 5.41) is 7.31. The molecule has 9 nitrogen and oxygen atoms in total. The quantitative estimate of drug-likeness (QED) is 0.304. The van der Waals surface area contributed by atoms with Crippen molar-refractivity contribution >= 4 is 40.0 Å². The first-order valence-electron chi connectivity index (χ1n) is 9.73. The standard InChI is InChI=1S/C18H33N5O4S.HI/c1-14(2)17-12-16(27-21-17)13-20-18(19-5)22-6-8-23(9-7-22)28(24,25)11-10-26-15(3)4;/h12,14-15H,6-11,13H2,1-5H3,(H,19,20);1H. The average molecular weight is 543 g/mol. The molecule has 29 heavy (non-hydrogen) atoms. The van der Waals surface area contributed by atoms with Gasteiger partial charge in [-0.3, -0.25) is 4.99 Å². The minimum atomic E-state index is -3.30. The zero-order valence-corrected chi connectivity index (χ0v) is 21.1. The minimum absolute atomic E-state index is 0. The molecule has 0 aliphatic carbocycles. The Bertz CT molecular complexity index is 743. The molecule has 0 atom stereocenters. The smallest absolute Gasteiger partial charge is 0.216 e. The van der Waals surface area contributed by atoms with E-state index >= 15 is 0 Å². The number of halogens is 1. The van der Waals surface area contributed by atoms with Crippen LogP contribution in [0.5, 0.6) is 0 Å². The van der Waals surface area contributed by atoms with Crippen LogP contribution in [0.2, 0.25) is 0 Å². The monoisotopic (exact) mass is 543 g/mol. The highest BCUT2D eigenvalue weighted by Crippen LogP contribution is 2.14. The Morgan fingerprint density at radius 1 is 1.28 bits per heavy atom. The maximum atomic E-state index is 12.4. The molecule has 168 valence electrons. The van der Waals surface area contributed by atoms with Crippen molar-refractivity contribution in [2.24, 2.45) is 4.99 Å². The molecule has 2 heterocycles. The van der Waals surface area contributed by atoms with Crippen molar-refractivity contribution in [3.63, 3.8) is 0 Å².